The second kappa shape index (κ2) is 8.12. The molecule has 23 heavy (non-hydrogen) atoms. The molecule has 1 fully saturated rings. The summed E-state index contributed by atoms with van der Waals surface area (Å²) in [6, 6.07) is 6.15. The highest BCUT2D eigenvalue weighted by atomic mass is 16.5. The van der Waals surface area contributed by atoms with Gasteiger partial charge in [-0.05, 0) is 81.9 Å². The summed E-state index contributed by atoms with van der Waals surface area (Å²) >= 11 is 0. The molecule has 2 rings (SSSR count). The average Bonchev–Trinajstić information content (AvgIpc) is 2.54. The Hall–Kier alpha value is -1.86. The number of hydrogen-bond donors (Lipinski definition) is 0. The quantitative estimate of drug-likeness (QED) is 0.784. The SMILES string of the molecule is CCOC(=O)C1CCN(CCc2c(C)cc(C#N)cc2C)CC1. The molecule has 1 aromatic carbocycles. The third kappa shape index (κ3) is 4.56. The number of aryl methyl sites for hydroxylation is 2. The Bertz CT molecular complexity index is 573. The van der Waals surface area contributed by atoms with Crippen molar-refractivity contribution in [3.8, 4) is 6.07 Å². The lowest BCUT2D eigenvalue weighted by atomic mass is 9.95. The second-order valence-electron chi connectivity index (χ2n) is 6.32. The van der Waals surface area contributed by atoms with Crippen molar-refractivity contribution < 1.29 is 9.53 Å². The van der Waals surface area contributed by atoms with Crippen LogP contribution in [-0.2, 0) is 16.0 Å². The Morgan fingerprint density at radius 2 is 1.91 bits per heavy atom. The van der Waals surface area contributed by atoms with Gasteiger partial charge in [-0.15, -0.1) is 0 Å². The van der Waals surface area contributed by atoms with Crippen molar-refractivity contribution in [3.05, 3.63) is 34.4 Å². The summed E-state index contributed by atoms with van der Waals surface area (Å²) in [6.07, 6.45) is 2.78. The molecule has 0 radical (unpaired) electrons. The highest BCUT2D eigenvalue weighted by molar-refractivity contribution is 5.72. The highest BCUT2D eigenvalue weighted by Gasteiger charge is 2.25. The lowest BCUT2D eigenvalue weighted by Gasteiger charge is -2.31. The zero-order chi connectivity index (χ0) is 16.8. The first-order valence-electron chi connectivity index (χ1n) is 8.44. The molecule has 0 spiro atoms. The van der Waals surface area contributed by atoms with E-state index in [1.54, 1.807) is 0 Å². The van der Waals surface area contributed by atoms with Gasteiger partial charge in [0.25, 0.3) is 0 Å². The number of likely N-dealkylation sites (tertiary alicyclic amines) is 1. The molecule has 1 saturated heterocycles. The summed E-state index contributed by atoms with van der Waals surface area (Å²) < 4.78 is 5.12. The number of nitrogens with zero attached hydrogens (tertiary/aromatic N) is 2. The van der Waals surface area contributed by atoms with Crippen LogP contribution in [-0.4, -0.2) is 37.1 Å². The summed E-state index contributed by atoms with van der Waals surface area (Å²) in [5, 5.41) is 9.02. The average molecular weight is 314 g/mol. The molecule has 1 heterocycles. The van der Waals surface area contributed by atoms with E-state index in [-0.39, 0.29) is 11.9 Å². The van der Waals surface area contributed by atoms with Gasteiger partial charge < -0.3 is 9.64 Å². The zero-order valence-electron chi connectivity index (χ0n) is 14.4. The van der Waals surface area contributed by atoms with E-state index in [2.05, 4.69) is 24.8 Å². The van der Waals surface area contributed by atoms with Gasteiger partial charge in [0.05, 0.1) is 24.2 Å². The molecule has 0 aliphatic carbocycles. The van der Waals surface area contributed by atoms with Crippen LogP contribution in [0.5, 0.6) is 0 Å². The standard InChI is InChI=1S/C19H26N2O2/c1-4-23-19(22)17-5-8-21(9-6-17)10-7-18-14(2)11-16(13-20)12-15(18)3/h11-12,17H,4-10H2,1-3H3. The number of piperidine rings is 1. The van der Waals surface area contributed by atoms with E-state index in [9.17, 15) is 4.79 Å². The van der Waals surface area contributed by atoms with E-state index in [1.807, 2.05) is 19.1 Å². The highest BCUT2D eigenvalue weighted by Crippen LogP contribution is 2.21. The van der Waals surface area contributed by atoms with Crippen LogP contribution >= 0.6 is 0 Å². The van der Waals surface area contributed by atoms with Gasteiger partial charge in [0.2, 0.25) is 0 Å². The third-order valence-corrected chi connectivity index (χ3v) is 4.71. The van der Waals surface area contributed by atoms with Crippen LogP contribution in [0.25, 0.3) is 0 Å². The van der Waals surface area contributed by atoms with E-state index in [4.69, 9.17) is 10.00 Å². The lowest BCUT2D eigenvalue weighted by Crippen LogP contribution is -2.38. The van der Waals surface area contributed by atoms with E-state index in [0.717, 1.165) is 44.5 Å². The Kier molecular flexibility index (Phi) is 6.18. The first kappa shape index (κ1) is 17.5. The number of carbonyl (C=O) groups excluding carboxylic acids is 1. The minimum atomic E-state index is -0.0362. The molecule has 1 aliphatic rings. The fourth-order valence-corrected chi connectivity index (χ4v) is 3.37. The summed E-state index contributed by atoms with van der Waals surface area (Å²) in [4.78, 5) is 14.2. The molecule has 1 aromatic rings. The molecule has 4 heteroatoms. The van der Waals surface area contributed by atoms with Crippen molar-refractivity contribution >= 4 is 5.97 Å². The van der Waals surface area contributed by atoms with Crippen LogP contribution in [0.4, 0.5) is 0 Å². The summed E-state index contributed by atoms with van der Waals surface area (Å²) in [7, 11) is 0. The predicted octanol–water partition coefficient (Wildman–Crippen LogP) is 2.99. The minimum Gasteiger partial charge on any atom is -0.466 e. The topological polar surface area (TPSA) is 53.3 Å². The zero-order valence-corrected chi connectivity index (χ0v) is 14.4. The number of rotatable bonds is 5. The predicted molar refractivity (Wildman–Crippen MR) is 90.1 cm³/mol. The van der Waals surface area contributed by atoms with Gasteiger partial charge >= 0.3 is 5.97 Å². The van der Waals surface area contributed by atoms with Gasteiger partial charge in [0, 0.05) is 6.54 Å². The van der Waals surface area contributed by atoms with Gasteiger partial charge in [0.1, 0.15) is 0 Å². The first-order chi connectivity index (χ1) is 11.0. The molecule has 4 nitrogen and oxygen atoms in total. The maximum absolute atomic E-state index is 11.8. The summed E-state index contributed by atoms with van der Waals surface area (Å²) in [5.41, 5.74) is 4.47. The molecule has 0 saturated carbocycles. The Morgan fingerprint density at radius 3 is 2.43 bits per heavy atom. The fraction of sp³-hybridized carbons (Fsp3) is 0.579. The number of benzene rings is 1. The van der Waals surface area contributed by atoms with Crippen LogP contribution in [0.3, 0.4) is 0 Å². The molecular formula is C19H26N2O2. The minimum absolute atomic E-state index is 0.0362. The molecule has 124 valence electrons. The summed E-state index contributed by atoms with van der Waals surface area (Å²) in [6.45, 7) is 9.40. The molecule has 0 amide bonds. The largest absolute Gasteiger partial charge is 0.466 e. The van der Waals surface area contributed by atoms with Gasteiger partial charge in [-0.2, -0.15) is 5.26 Å². The van der Waals surface area contributed by atoms with Gasteiger partial charge in [-0.1, -0.05) is 0 Å². The maximum atomic E-state index is 11.8. The van der Waals surface area contributed by atoms with E-state index >= 15 is 0 Å². The Morgan fingerprint density at radius 1 is 1.30 bits per heavy atom. The lowest BCUT2D eigenvalue weighted by molar-refractivity contribution is -0.149. The van der Waals surface area contributed by atoms with E-state index in [0.29, 0.717) is 6.61 Å². The number of esters is 1. The number of nitriles is 1. The molecule has 0 N–H and O–H groups in total. The van der Waals surface area contributed by atoms with Crippen LogP contribution < -0.4 is 0 Å². The maximum Gasteiger partial charge on any atom is 0.309 e. The van der Waals surface area contributed by atoms with Crippen LogP contribution in [0.1, 0.15) is 42.0 Å². The smallest absolute Gasteiger partial charge is 0.309 e. The van der Waals surface area contributed by atoms with Crippen molar-refractivity contribution in [1.82, 2.24) is 4.90 Å². The van der Waals surface area contributed by atoms with Gasteiger partial charge in [-0.25, -0.2) is 0 Å². The first-order valence-corrected chi connectivity index (χ1v) is 8.44. The van der Waals surface area contributed by atoms with E-state index in [1.165, 1.54) is 16.7 Å². The molecule has 0 bridgehead atoms. The normalized spacial score (nSPS) is 16.1. The third-order valence-electron chi connectivity index (χ3n) is 4.71. The van der Waals surface area contributed by atoms with Crippen LogP contribution in [0, 0.1) is 31.1 Å². The van der Waals surface area contributed by atoms with E-state index < -0.39 is 0 Å². The number of hydrogen-bond acceptors (Lipinski definition) is 4. The molecule has 0 atom stereocenters. The van der Waals surface area contributed by atoms with Crippen molar-refractivity contribution in [1.29, 1.82) is 5.26 Å². The second-order valence-corrected chi connectivity index (χ2v) is 6.32. The van der Waals surface area contributed by atoms with Crippen molar-refractivity contribution in [2.24, 2.45) is 5.92 Å². The van der Waals surface area contributed by atoms with Crippen molar-refractivity contribution in [2.45, 2.75) is 40.0 Å². The van der Waals surface area contributed by atoms with Gasteiger partial charge in [-0.3, -0.25) is 4.79 Å². The van der Waals surface area contributed by atoms with Crippen molar-refractivity contribution in [3.63, 3.8) is 0 Å². The fourth-order valence-electron chi connectivity index (χ4n) is 3.37. The Balaban J connectivity index is 1.87. The molecule has 0 unspecified atom stereocenters. The number of carbonyl (C=O) groups is 1. The number of ether oxygens (including phenoxy) is 1. The monoisotopic (exact) mass is 314 g/mol. The summed E-state index contributed by atoms with van der Waals surface area (Å²) in [5.74, 6) is 0.0375. The van der Waals surface area contributed by atoms with Gasteiger partial charge in [0.15, 0.2) is 0 Å². The molecule has 0 aromatic heterocycles. The van der Waals surface area contributed by atoms with Crippen LogP contribution in [0.2, 0.25) is 0 Å². The van der Waals surface area contributed by atoms with Crippen molar-refractivity contribution in [2.75, 3.05) is 26.2 Å². The van der Waals surface area contributed by atoms with Crippen LogP contribution in [0.15, 0.2) is 12.1 Å². The molecule has 1 aliphatic heterocycles. The Labute approximate surface area is 139 Å². The molecular weight excluding hydrogens is 288 g/mol.